The standard InChI is InChI=1S/C10H18N2O3S/c1-4-10(2,3)12-16(14,15)9-5-8(7-13)11-6-9/h5-6,11-13H,4,7H2,1-3H3. The highest BCUT2D eigenvalue weighted by atomic mass is 32.2. The Morgan fingerprint density at radius 1 is 1.50 bits per heavy atom. The van der Waals surface area contributed by atoms with Gasteiger partial charge in [0.2, 0.25) is 10.0 Å². The molecule has 1 aromatic rings. The quantitative estimate of drug-likeness (QED) is 0.724. The van der Waals surface area contributed by atoms with Gasteiger partial charge in [0.15, 0.2) is 0 Å². The normalized spacial score (nSPS) is 13.0. The minimum Gasteiger partial charge on any atom is -0.390 e. The molecule has 5 nitrogen and oxygen atoms in total. The van der Waals surface area contributed by atoms with E-state index in [1.165, 1.54) is 12.3 Å². The van der Waals surface area contributed by atoms with Crippen LogP contribution in [0.5, 0.6) is 0 Å². The maximum Gasteiger partial charge on any atom is 0.242 e. The van der Waals surface area contributed by atoms with Crippen molar-refractivity contribution in [1.82, 2.24) is 9.71 Å². The molecule has 0 amide bonds. The van der Waals surface area contributed by atoms with Crippen molar-refractivity contribution in [3.05, 3.63) is 18.0 Å². The zero-order valence-electron chi connectivity index (χ0n) is 9.74. The zero-order chi connectivity index (χ0) is 12.4. The molecule has 6 heteroatoms. The number of aliphatic hydroxyl groups is 1. The number of aliphatic hydroxyl groups excluding tert-OH is 1. The van der Waals surface area contributed by atoms with Crippen molar-refractivity contribution in [3.8, 4) is 0 Å². The fourth-order valence-corrected chi connectivity index (χ4v) is 2.66. The first-order valence-corrected chi connectivity index (χ1v) is 6.61. The van der Waals surface area contributed by atoms with E-state index in [1.54, 1.807) is 0 Å². The first kappa shape index (κ1) is 13.2. The second-order valence-corrected chi connectivity index (χ2v) is 6.04. The minimum atomic E-state index is -3.51. The van der Waals surface area contributed by atoms with Crippen LogP contribution in [0.15, 0.2) is 17.2 Å². The van der Waals surface area contributed by atoms with E-state index < -0.39 is 15.6 Å². The molecule has 3 N–H and O–H groups in total. The summed E-state index contributed by atoms with van der Waals surface area (Å²) in [7, 11) is -3.51. The van der Waals surface area contributed by atoms with Crippen molar-refractivity contribution in [2.75, 3.05) is 0 Å². The van der Waals surface area contributed by atoms with Crippen LogP contribution < -0.4 is 4.72 Å². The molecular formula is C10H18N2O3S. The molecule has 0 atom stereocenters. The summed E-state index contributed by atoms with van der Waals surface area (Å²) >= 11 is 0. The molecule has 0 unspecified atom stereocenters. The van der Waals surface area contributed by atoms with Gasteiger partial charge in [-0.2, -0.15) is 0 Å². The lowest BCUT2D eigenvalue weighted by Gasteiger charge is -2.23. The molecule has 0 fully saturated rings. The number of sulfonamides is 1. The van der Waals surface area contributed by atoms with Gasteiger partial charge in [-0.15, -0.1) is 0 Å². The first-order chi connectivity index (χ1) is 7.30. The van der Waals surface area contributed by atoms with E-state index in [9.17, 15) is 8.42 Å². The predicted molar refractivity (Wildman–Crippen MR) is 61.4 cm³/mol. The lowest BCUT2D eigenvalue weighted by Crippen LogP contribution is -2.42. The van der Waals surface area contributed by atoms with E-state index in [0.29, 0.717) is 12.1 Å². The van der Waals surface area contributed by atoms with E-state index in [1.807, 2.05) is 20.8 Å². The summed E-state index contributed by atoms with van der Waals surface area (Å²) in [6, 6.07) is 1.42. The highest BCUT2D eigenvalue weighted by Gasteiger charge is 2.25. The monoisotopic (exact) mass is 246 g/mol. The summed E-state index contributed by atoms with van der Waals surface area (Å²) in [5.41, 5.74) is 0.00448. The van der Waals surface area contributed by atoms with Crippen LogP contribution in [0.25, 0.3) is 0 Å². The van der Waals surface area contributed by atoms with E-state index in [0.717, 1.165) is 0 Å². The van der Waals surface area contributed by atoms with Gasteiger partial charge >= 0.3 is 0 Å². The summed E-state index contributed by atoms with van der Waals surface area (Å²) in [6.07, 6.45) is 2.07. The Balaban J connectivity index is 2.94. The maximum atomic E-state index is 11.9. The van der Waals surface area contributed by atoms with Crippen molar-refractivity contribution in [2.24, 2.45) is 0 Å². The lowest BCUT2D eigenvalue weighted by molar-refractivity contribution is 0.277. The summed E-state index contributed by atoms with van der Waals surface area (Å²) in [6.45, 7) is 5.36. The first-order valence-electron chi connectivity index (χ1n) is 5.13. The van der Waals surface area contributed by atoms with E-state index >= 15 is 0 Å². The van der Waals surface area contributed by atoms with Gasteiger partial charge in [-0.1, -0.05) is 6.92 Å². The predicted octanol–water partition coefficient (Wildman–Crippen LogP) is 0.974. The molecule has 0 spiro atoms. The van der Waals surface area contributed by atoms with Gasteiger partial charge in [0, 0.05) is 17.4 Å². The van der Waals surface area contributed by atoms with Crippen molar-refractivity contribution in [1.29, 1.82) is 0 Å². The molecular weight excluding hydrogens is 228 g/mol. The highest BCUT2D eigenvalue weighted by molar-refractivity contribution is 7.89. The maximum absolute atomic E-state index is 11.9. The van der Waals surface area contributed by atoms with Gasteiger partial charge < -0.3 is 10.1 Å². The van der Waals surface area contributed by atoms with E-state index in [2.05, 4.69) is 9.71 Å². The molecule has 0 aliphatic rings. The van der Waals surface area contributed by atoms with Crippen molar-refractivity contribution in [2.45, 2.75) is 44.2 Å². The second-order valence-electron chi connectivity index (χ2n) is 4.36. The van der Waals surface area contributed by atoms with Crippen molar-refractivity contribution < 1.29 is 13.5 Å². The summed E-state index contributed by atoms with van der Waals surface area (Å²) in [5, 5.41) is 8.85. The molecule has 1 aromatic heterocycles. The van der Waals surface area contributed by atoms with Crippen LogP contribution in [-0.4, -0.2) is 24.0 Å². The average molecular weight is 246 g/mol. The third kappa shape index (κ3) is 3.07. The number of aromatic nitrogens is 1. The molecule has 0 aromatic carbocycles. The molecule has 92 valence electrons. The number of nitrogens with one attached hydrogen (secondary N) is 2. The van der Waals surface area contributed by atoms with Crippen LogP contribution in [-0.2, 0) is 16.6 Å². The topological polar surface area (TPSA) is 82.2 Å². The van der Waals surface area contributed by atoms with Crippen molar-refractivity contribution >= 4 is 10.0 Å². The van der Waals surface area contributed by atoms with Gasteiger partial charge in [-0.25, -0.2) is 13.1 Å². The number of H-pyrrole nitrogens is 1. The number of hydrogen-bond acceptors (Lipinski definition) is 3. The Hall–Kier alpha value is -0.850. The largest absolute Gasteiger partial charge is 0.390 e. The van der Waals surface area contributed by atoms with Crippen LogP contribution >= 0.6 is 0 Å². The lowest BCUT2D eigenvalue weighted by atomic mass is 10.0. The van der Waals surface area contributed by atoms with Crippen molar-refractivity contribution in [3.63, 3.8) is 0 Å². The van der Waals surface area contributed by atoms with E-state index in [-0.39, 0.29) is 11.5 Å². The second kappa shape index (κ2) is 4.57. The smallest absolute Gasteiger partial charge is 0.242 e. The van der Waals surface area contributed by atoms with Crippen LogP contribution in [0.2, 0.25) is 0 Å². The van der Waals surface area contributed by atoms with Crippen LogP contribution in [0.1, 0.15) is 32.9 Å². The Kier molecular flexibility index (Phi) is 3.77. The molecule has 0 bridgehead atoms. The van der Waals surface area contributed by atoms with Gasteiger partial charge in [-0.05, 0) is 26.3 Å². The fraction of sp³-hybridized carbons (Fsp3) is 0.600. The Labute approximate surface area is 95.9 Å². The molecule has 1 heterocycles. The van der Waals surface area contributed by atoms with Gasteiger partial charge in [0.25, 0.3) is 0 Å². The van der Waals surface area contributed by atoms with Gasteiger partial charge in [0.1, 0.15) is 0 Å². The molecule has 0 aliphatic carbocycles. The molecule has 0 saturated heterocycles. The Morgan fingerprint density at radius 2 is 2.12 bits per heavy atom. The van der Waals surface area contributed by atoms with Crippen LogP contribution in [0, 0.1) is 0 Å². The zero-order valence-corrected chi connectivity index (χ0v) is 10.6. The summed E-state index contributed by atoms with van der Waals surface area (Å²) in [5.74, 6) is 0. The number of aromatic amines is 1. The minimum absolute atomic E-state index is 0.151. The average Bonchev–Trinajstić information content (AvgIpc) is 2.65. The third-order valence-electron chi connectivity index (χ3n) is 2.49. The summed E-state index contributed by atoms with van der Waals surface area (Å²) < 4.78 is 26.5. The highest BCUT2D eigenvalue weighted by Crippen LogP contribution is 2.16. The van der Waals surface area contributed by atoms with Gasteiger partial charge in [-0.3, -0.25) is 0 Å². The molecule has 0 saturated carbocycles. The van der Waals surface area contributed by atoms with Gasteiger partial charge in [0.05, 0.1) is 11.5 Å². The molecule has 0 radical (unpaired) electrons. The van der Waals surface area contributed by atoms with Crippen LogP contribution in [0.4, 0.5) is 0 Å². The fourth-order valence-electron chi connectivity index (χ4n) is 1.16. The molecule has 1 rings (SSSR count). The van der Waals surface area contributed by atoms with E-state index in [4.69, 9.17) is 5.11 Å². The SMILES string of the molecule is CCC(C)(C)NS(=O)(=O)c1c[nH]c(CO)c1. The molecule has 0 aliphatic heterocycles. The Bertz CT molecular complexity index is 448. The number of hydrogen-bond donors (Lipinski definition) is 3. The Morgan fingerprint density at radius 3 is 2.56 bits per heavy atom. The third-order valence-corrected chi connectivity index (χ3v) is 4.17. The number of rotatable bonds is 5. The van der Waals surface area contributed by atoms with Crippen LogP contribution in [0.3, 0.4) is 0 Å². The summed E-state index contributed by atoms with van der Waals surface area (Å²) in [4.78, 5) is 2.85. The molecule has 16 heavy (non-hydrogen) atoms.